The summed E-state index contributed by atoms with van der Waals surface area (Å²) in [5.74, 6) is 1.32. The van der Waals surface area contributed by atoms with Crippen LogP contribution in [0.25, 0.3) is 0 Å². The Morgan fingerprint density at radius 2 is 2.23 bits per heavy atom. The van der Waals surface area contributed by atoms with Crippen molar-refractivity contribution >= 4 is 17.6 Å². The van der Waals surface area contributed by atoms with E-state index < -0.39 is 0 Å². The van der Waals surface area contributed by atoms with Gasteiger partial charge in [0.05, 0.1) is 11.9 Å². The van der Waals surface area contributed by atoms with Gasteiger partial charge < -0.3 is 25.6 Å². The normalized spacial score (nSPS) is 16.7. The van der Waals surface area contributed by atoms with Gasteiger partial charge in [-0.2, -0.15) is 5.10 Å². The second-order valence-corrected chi connectivity index (χ2v) is 7.62. The number of carbonyl (C=O) groups excluding carboxylic acids is 1. The van der Waals surface area contributed by atoms with E-state index in [4.69, 9.17) is 4.74 Å². The summed E-state index contributed by atoms with van der Waals surface area (Å²) < 4.78 is 7.41. The number of nitrogens with zero attached hydrogens (tertiary/aromatic N) is 4. The monoisotopic (exact) mass is 427 g/mol. The fourth-order valence-corrected chi connectivity index (χ4v) is 3.62. The third-order valence-corrected chi connectivity index (χ3v) is 5.14. The number of piperidine rings is 1. The summed E-state index contributed by atoms with van der Waals surface area (Å²) in [7, 11) is 3.72. The highest BCUT2D eigenvalue weighted by atomic mass is 16.5. The van der Waals surface area contributed by atoms with Gasteiger partial charge in [0, 0.05) is 52.5 Å². The Balaban J connectivity index is 1.49. The standard InChI is InChI=1S/C22H33N7O2/c1-4-24-21(30)16-31-20-9-5-7-17(11-20)12-25-22(23-2)27-18-8-6-10-29(14-18)19-13-26-28(3)15-19/h5,7,9,11,13,15,18H,4,6,8,10,12,14,16H2,1-3H3,(H,24,30)(H2,23,25,27). The molecule has 2 heterocycles. The second kappa shape index (κ2) is 11.2. The molecule has 1 fully saturated rings. The molecule has 1 saturated heterocycles. The first-order chi connectivity index (χ1) is 15.1. The third-order valence-electron chi connectivity index (χ3n) is 5.14. The number of hydrogen-bond acceptors (Lipinski definition) is 5. The number of hydrogen-bond donors (Lipinski definition) is 3. The number of carbonyl (C=O) groups is 1. The van der Waals surface area contributed by atoms with Crippen molar-refractivity contribution in [2.24, 2.45) is 12.0 Å². The van der Waals surface area contributed by atoms with Crippen molar-refractivity contribution in [3.8, 4) is 5.75 Å². The van der Waals surface area contributed by atoms with Crippen LogP contribution < -0.4 is 25.6 Å². The molecule has 0 aliphatic carbocycles. The number of aromatic nitrogens is 2. The first-order valence-electron chi connectivity index (χ1n) is 10.8. The molecule has 3 rings (SSSR count). The van der Waals surface area contributed by atoms with Crippen molar-refractivity contribution in [3.05, 3.63) is 42.2 Å². The number of aliphatic imine (C=N–C) groups is 1. The number of ether oxygens (including phenoxy) is 1. The summed E-state index contributed by atoms with van der Waals surface area (Å²) >= 11 is 0. The van der Waals surface area contributed by atoms with Crippen LogP contribution >= 0.6 is 0 Å². The topological polar surface area (TPSA) is 95.8 Å². The van der Waals surface area contributed by atoms with E-state index in [0.29, 0.717) is 24.9 Å². The zero-order chi connectivity index (χ0) is 22.1. The van der Waals surface area contributed by atoms with E-state index >= 15 is 0 Å². The molecule has 1 aliphatic heterocycles. The van der Waals surface area contributed by atoms with Crippen LogP contribution in [0.2, 0.25) is 0 Å². The molecule has 9 nitrogen and oxygen atoms in total. The van der Waals surface area contributed by atoms with Crippen LogP contribution in [0.5, 0.6) is 5.75 Å². The molecule has 2 aromatic rings. The van der Waals surface area contributed by atoms with E-state index in [1.54, 1.807) is 7.05 Å². The number of aryl methyl sites for hydroxylation is 1. The van der Waals surface area contributed by atoms with Crippen LogP contribution in [0.15, 0.2) is 41.7 Å². The van der Waals surface area contributed by atoms with E-state index in [1.165, 1.54) is 0 Å². The lowest BCUT2D eigenvalue weighted by Crippen LogP contribution is -2.51. The van der Waals surface area contributed by atoms with E-state index in [2.05, 4.69) is 37.1 Å². The van der Waals surface area contributed by atoms with E-state index in [0.717, 1.165) is 43.1 Å². The minimum atomic E-state index is -0.122. The van der Waals surface area contributed by atoms with Gasteiger partial charge in [0.25, 0.3) is 5.91 Å². The Kier molecular flexibility index (Phi) is 8.14. The summed E-state index contributed by atoms with van der Waals surface area (Å²) in [6, 6.07) is 8.04. The van der Waals surface area contributed by atoms with E-state index in [-0.39, 0.29) is 12.5 Å². The Morgan fingerprint density at radius 3 is 2.97 bits per heavy atom. The maximum Gasteiger partial charge on any atom is 0.257 e. The van der Waals surface area contributed by atoms with Gasteiger partial charge in [-0.1, -0.05) is 12.1 Å². The fraction of sp³-hybridized carbons (Fsp3) is 0.500. The number of nitrogens with one attached hydrogen (secondary N) is 3. The SMILES string of the molecule is CCNC(=O)COc1cccc(CNC(=NC)NC2CCCN(c3cnn(C)c3)C2)c1. The smallest absolute Gasteiger partial charge is 0.257 e. The Labute approximate surface area is 183 Å². The van der Waals surface area contributed by atoms with Gasteiger partial charge >= 0.3 is 0 Å². The van der Waals surface area contributed by atoms with Crippen LogP contribution in [-0.4, -0.2) is 61.0 Å². The number of rotatable bonds is 8. The van der Waals surface area contributed by atoms with Crippen molar-refractivity contribution in [2.75, 3.05) is 38.2 Å². The first-order valence-corrected chi connectivity index (χ1v) is 10.8. The Morgan fingerprint density at radius 1 is 1.35 bits per heavy atom. The molecule has 1 amide bonds. The highest BCUT2D eigenvalue weighted by Crippen LogP contribution is 2.19. The molecule has 1 aromatic heterocycles. The van der Waals surface area contributed by atoms with Crippen molar-refractivity contribution in [1.29, 1.82) is 0 Å². The summed E-state index contributed by atoms with van der Waals surface area (Å²) in [5, 5.41) is 13.9. The van der Waals surface area contributed by atoms with Gasteiger partial charge in [-0.3, -0.25) is 14.5 Å². The minimum Gasteiger partial charge on any atom is -0.484 e. The largest absolute Gasteiger partial charge is 0.484 e. The number of guanidine groups is 1. The summed E-state index contributed by atoms with van der Waals surface area (Å²) in [6.45, 7) is 5.06. The molecule has 3 N–H and O–H groups in total. The predicted octanol–water partition coefficient (Wildman–Crippen LogP) is 1.27. The lowest BCUT2D eigenvalue weighted by Gasteiger charge is -2.34. The molecule has 1 unspecified atom stereocenters. The first kappa shape index (κ1) is 22.5. The van der Waals surface area contributed by atoms with Gasteiger partial charge in [-0.05, 0) is 37.5 Å². The molecule has 0 radical (unpaired) electrons. The van der Waals surface area contributed by atoms with Gasteiger partial charge in [0.1, 0.15) is 5.75 Å². The molecule has 9 heteroatoms. The van der Waals surface area contributed by atoms with Gasteiger partial charge in [0.15, 0.2) is 12.6 Å². The second-order valence-electron chi connectivity index (χ2n) is 7.62. The Bertz CT molecular complexity index is 880. The maximum atomic E-state index is 11.6. The maximum absolute atomic E-state index is 11.6. The minimum absolute atomic E-state index is 0.0169. The molecule has 31 heavy (non-hydrogen) atoms. The van der Waals surface area contributed by atoms with Crippen molar-refractivity contribution in [3.63, 3.8) is 0 Å². The van der Waals surface area contributed by atoms with Crippen LogP contribution in [0, 0.1) is 0 Å². The van der Waals surface area contributed by atoms with Crippen molar-refractivity contribution in [1.82, 2.24) is 25.7 Å². The van der Waals surface area contributed by atoms with Crippen LogP contribution in [0.1, 0.15) is 25.3 Å². The molecule has 0 saturated carbocycles. The highest BCUT2D eigenvalue weighted by molar-refractivity contribution is 5.80. The molecule has 1 aromatic carbocycles. The van der Waals surface area contributed by atoms with Crippen molar-refractivity contribution in [2.45, 2.75) is 32.4 Å². The quantitative estimate of drug-likeness (QED) is 0.434. The Hall–Kier alpha value is -3.23. The van der Waals surface area contributed by atoms with E-state index in [1.807, 2.05) is 49.1 Å². The van der Waals surface area contributed by atoms with Crippen LogP contribution in [0.3, 0.4) is 0 Å². The molecule has 0 bridgehead atoms. The number of amides is 1. The summed E-state index contributed by atoms with van der Waals surface area (Å²) in [4.78, 5) is 18.3. The molecule has 0 spiro atoms. The number of likely N-dealkylation sites (N-methyl/N-ethyl adjacent to an activating group) is 1. The average Bonchev–Trinajstić information content (AvgIpc) is 3.22. The highest BCUT2D eigenvalue weighted by Gasteiger charge is 2.21. The van der Waals surface area contributed by atoms with Crippen LogP contribution in [-0.2, 0) is 18.4 Å². The molecule has 168 valence electrons. The molecular weight excluding hydrogens is 394 g/mol. The van der Waals surface area contributed by atoms with Crippen molar-refractivity contribution < 1.29 is 9.53 Å². The lowest BCUT2D eigenvalue weighted by atomic mass is 10.1. The summed E-state index contributed by atoms with van der Waals surface area (Å²) in [5.41, 5.74) is 2.21. The fourth-order valence-electron chi connectivity index (χ4n) is 3.62. The van der Waals surface area contributed by atoms with Gasteiger partial charge in [-0.25, -0.2) is 0 Å². The average molecular weight is 428 g/mol. The molecule has 1 atom stereocenters. The zero-order valence-electron chi connectivity index (χ0n) is 18.6. The number of benzene rings is 1. The third kappa shape index (κ3) is 6.91. The van der Waals surface area contributed by atoms with E-state index in [9.17, 15) is 4.79 Å². The van der Waals surface area contributed by atoms with Gasteiger partial charge in [-0.15, -0.1) is 0 Å². The van der Waals surface area contributed by atoms with Gasteiger partial charge in [0.2, 0.25) is 0 Å². The lowest BCUT2D eigenvalue weighted by molar-refractivity contribution is -0.122. The predicted molar refractivity (Wildman–Crippen MR) is 122 cm³/mol. The van der Waals surface area contributed by atoms with Crippen LogP contribution in [0.4, 0.5) is 5.69 Å². The molecular formula is C22H33N7O2. The molecule has 1 aliphatic rings. The zero-order valence-corrected chi connectivity index (χ0v) is 18.6. The summed E-state index contributed by atoms with van der Waals surface area (Å²) in [6.07, 6.45) is 6.18. The number of anilines is 1.